The maximum Gasteiger partial charge on any atom is 0.294 e. The highest BCUT2D eigenvalue weighted by Gasteiger charge is 2.37. The lowest BCUT2D eigenvalue weighted by molar-refractivity contribution is -0.136. The second kappa shape index (κ2) is 9.48. The van der Waals surface area contributed by atoms with Gasteiger partial charge in [-0.25, -0.2) is 0 Å². The first-order valence-electron chi connectivity index (χ1n) is 10.2. The Morgan fingerprint density at radius 2 is 1.97 bits per heavy atom. The van der Waals surface area contributed by atoms with Crippen LogP contribution in [0.2, 0.25) is 0 Å². The van der Waals surface area contributed by atoms with E-state index < -0.39 is 11.1 Å². The fourth-order valence-electron chi connectivity index (χ4n) is 3.28. The molecule has 2 fully saturated rings. The number of thioether (sulfide) groups is 1. The molecule has 1 aromatic carbocycles. The summed E-state index contributed by atoms with van der Waals surface area (Å²) in [4.78, 5) is 40.8. The molecule has 1 aromatic rings. The lowest BCUT2D eigenvalue weighted by Gasteiger charge is -2.31. The molecule has 29 heavy (non-hydrogen) atoms. The van der Waals surface area contributed by atoms with Crippen LogP contribution in [0.15, 0.2) is 29.2 Å². The summed E-state index contributed by atoms with van der Waals surface area (Å²) in [6.07, 6.45) is 4.50. The fraction of sp³-hybridized carbons (Fsp3) is 0.500. The average molecular weight is 417 g/mol. The number of ether oxygens (including phenoxy) is 1. The van der Waals surface area contributed by atoms with Crippen LogP contribution in [-0.2, 0) is 9.59 Å². The van der Waals surface area contributed by atoms with Gasteiger partial charge in [-0.3, -0.25) is 19.3 Å². The predicted molar refractivity (Wildman–Crippen MR) is 114 cm³/mol. The monoisotopic (exact) mass is 416 g/mol. The van der Waals surface area contributed by atoms with Crippen LogP contribution in [-0.4, -0.2) is 52.6 Å². The number of imide groups is 1. The van der Waals surface area contributed by atoms with Gasteiger partial charge in [-0.05, 0) is 56.0 Å². The van der Waals surface area contributed by atoms with Crippen molar-refractivity contribution in [1.29, 1.82) is 0 Å². The molecule has 1 atom stereocenters. The number of hydrogen-bond acceptors (Lipinski definition) is 5. The smallest absolute Gasteiger partial charge is 0.294 e. The summed E-state index contributed by atoms with van der Waals surface area (Å²) in [6, 6.07) is 7.44. The molecule has 0 aliphatic carbocycles. The molecule has 156 valence electrons. The molecule has 3 amide bonds. The Morgan fingerprint density at radius 3 is 2.66 bits per heavy atom. The van der Waals surface area contributed by atoms with E-state index in [1.165, 1.54) is 0 Å². The van der Waals surface area contributed by atoms with Crippen molar-refractivity contribution in [1.82, 2.24) is 9.80 Å². The summed E-state index contributed by atoms with van der Waals surface area (Å²) in [5.41, 5.74) is 0.745. The van der Waals surface area contributed by atoms with Crippen molar-refractivity contribution in [3.63, 3.8) is 0 Å². The van der Waals surface area contributed by atoms with Crippen LogP contribution in [0.1, 0.15) is 45.6 Å². The van der Waals surface area contributed by atoms with Crippen molar-refractivity contribution in [3.8, 4) is 5.75 Å². The van der Waals surface area contributed by atoms with Crippen molar-refractivity contribution < 1.29 is 19.1 Å². The molecule has 3 rings (SSSR count). The molecule has 2 heterocycles. The number of para-hydroxylation sites is 1. The van der Waals surface area contributed by atoms with Gasteiger partial charge in [0.15, 0.2) is 0 Å². The Balaban J connectivity index is 1.71. The highest BCUT2D eigenvalue weighted by Crippen LogP contribution is 2.34. The van der Waals surface area contributed by atoms with Gasteiger partial charge in [0.1, 0.15) is 12.3 Å². The van der Waals surface area contributed by atoms with Gasteiger partial charge in [0.25, 0.3) is 11.1 Å². The van der Waals surface area contributed by atoms with Crippen molar-refractivity contribution in [2.24, 2.45) is 5.92 Å². The SMILES string of the molecule is CC[C@@H](C)Oc1ccccc1/C=C1/SC(=O)N(CC(=O)N2CCC(C)CC2)C1=O. The van der Waals surface area contributed by atoms with E-state index in [2.05, 4.69) is 6.92 Å². The Labute approximate surface area is 176 Å². The van der Waals surface area contributed by atoms with Crippen LogP contribution in [0.5, 0.6) is 5.75 Å². The van der Waals surface area contributed by atoms with E-state index in [0.717, 1.165) is 41.5 Å². The topological polar surface area (TPSA) is 66.9 Å². The first kappa shape index (κ1) is 21.4. The number of hydrogen-bond donors (Lipinski definition) is 0. The number of piperidine rings is 1. The van der Waals surface area contributed by atoms with Crippen molar-refractivity contribution in [3.05, 3.63) is 34.7 Å². The molecular formula is C22H28N2O4S. The molecule has 0 saturated carbocycles. The molecular weight excluding hydrogens is 388 g/mol. The highest BCUT2D eigenvalue weighted by molar-refractivity contribution is 8.18. The highest BCUT2D eigenvalue weighted by atomic mass is 32.2. The molecule has 7 heteroatoms. The summed E-state index contributed by atoms with van der Waals surface area (Å²) in [7, 11) is 0. The van der Waals surface area contributed by atoms with Gasteiger partial charge < -0.3 is 9.64 Å². The summed E-state index contributed by atoms with van der Waals surface area (Å²) >= 11 is 0.871. The number of benzene rings is 1. The number of likely N-dealkylation sites (tertiary alicyclic amines) is 1. The van der Waals surface area contributed by atoms with Gasteiger partial charge in [-0.2, -0.15) is 0 Å². The second-order valence-corrected chi connectivity index (χ2v) is 8.70. The first-order valence-corrected chi connectivity index (χ1v) is 11.0. The Kier molecular flexibility index (Phi) is 7.00. The van der Waals surface area contributed by atoms with E-state index >= 15 is 0 Å². The molecule has 2 aliphatic rings. The zero-order chi connectivity index (χ0) is 21.0. The third kappa shape index (κ3) is 5.21. The van der Waals surface area contributed by atoms with E-state index in [9.17, 15) is 14.4 Å². The zero-order valence-electron chi connectivity index (χ0n) is 17.2. The number of amides is 3. The van der Waals surface area contributed by atoms with E-state index in [0.29, 0.717) is 29.7 Å². The molecule has 6 nitrogen and oxygen atoms in total. The minimum Gasteiger partial charge on any atom is -0.490 e. The van der Waals surface area contributed by atoms with Crippen molar-refractivity contribution in [2.75, 3.05) is 19.6 Å². The standard InChI is InChI=1S/C22H28N2O4S/c1-4-16(3)28-18-8-6-5-7-17(18)13-19-21(26)24(22(27)29-19)14-20(25)23-11-9-15(2)10-12-23/h5-8,13,15-16H,4,9-12,14H2,1-3H3/b19-13+/t16-/m1/s1. The summed E-state index contributed by atoms with van der Waals surface area (Å²) in [5.74, 6) is 0.696. The summed E-state index contributed by atoms with van der Waals surface area (Å²) in [6.45, 7) is 7.38. The second-order valence-electron chi connectivity index (χ2n) is 7.71. The Bertz CT molecular complexity index is 815. The third-order valence-corrected chi connectivity index (χ3v) is 6.32. The lowest BCUT2D eigenvalue weighted by atomic mass is 9.99. The van der Waals surface area contributed by atoms with Gasteiger partial charge in [0, 0.05) is 18.7 Å². The number of rotatable bonds is 6. The molecule has 0 radical (unpaired) electrons. The van der Waals surface area contributed by atoms with E-state index in [1.54, 1.807) is 11.0 Å². The first-order chi connectivity index (χ1) is 13.9. The normalized spacial score (nSPS) is 20.4. The maximum absolute atomic E-state index is 12.8. The fourth-order valence-corrected chi connectivity index (χ4v) is 4.11. The number of carbonyl (C=O) groups is 3. The molecule has 0 bridgehead atoms. The largest absolute Gasteiger partial charge is 0.490 e. The Hall–Kier alpha value is -2.28. The van der Waals surface area contributed by atoms with Crippen molar-refractivity contribution in [2.45, 2.75) is 46.1 Å². The molecule has 2 saturated heterocycles. The molecule has 0 aromatic heterocycles. The van der Waals surface area contributed by atoms with Crippen LogP contribution in [0.3, 0.4) is 0 Å². The minimum absolute atomic E-state index is 0.0458. The summed E-state index contributed by atoms with van der Waals surface area (Å²) < 4.78 is 5.92. The lowest BCUT2D eigenvalue weighted by Crippen LogP contribution is -2.45. The van der Waals surface area contributed by atoms with E-state index in [4.69, 9.17) is 4.74 Å². The van der Waals surface area contributed by atoms with E-state index in [1.807, 2.05) is 38.1 Å². The number of nitrogens with zero attached hydrogens (tertiary/aromatic N) is 2. The van der Waals surface area contributed by atoms with Gasteiger partial charge in [-0.15, -0.1) is 0 Å². The van der Waals surface area contributed by atoms with Crippen LogP contribution < -0.4 is 4.74 Å². The van der Waals surface area contributed by atoms with Crippen molar-refractivity contribution >= 4 is 34.9 Å². The van der Waals surface area contributed by atoms with Crippen LogP contribution in [0.25, 0.3) is 6.08 Å². The molecule has 2 aliphatic heterocycles. The van der Waals surface area contributed by atoms with Crippen LogP contribution in [0.4, 0.5) is 4.79 Å². The minimum atomic E-state index is -0.419. The molecule has 0 spiro atoms. The summed E-state index contributed by atoms with van der Waals surface area (Å²) in [5, 5.41) is -0.402. The number of carbonyl (C=O) groups excluding carboxylic acids is 3. The third-order valence-electron chi connectivity index (χ3n) is 5.41. The quantitative estimate of drug-likeness (QED) is 0.652. The van der Waals surface area contributed by atoms with Gasteiger partial charge in [-0.1, -0.05) is 32.0 Å². The average Bonchev–Trinajstić information content (AvgIpc) is 2.97. The Morgan fingerprint density at radius 1 is 1.28 bits per heavy atom. The van der Waals surface area contributed by atoms with Gasteiger partial charge >= 0.3 is 0 Å². The maximum atomic E-state index is 12.8. The molecule has 0 N–H and O–H groups in total. The van der Waals surface area contributed by atoms with Crippen LogP contribution >= 0.6 is 11.8 Å². The zero-order valence-corrected chi connectivity index (χ0v) is 18.0. The predicted octanol–water partition coefficient (Wildman–Crippen LogP) is 4.16. The van der Waals surface area contributed by atoms with Gasteiger partial charge in [0.05, 0.1) is 11.0 Å². The van der Waals surface area contributed by atoms with E-state index in [-0.39, 0.29) is 18.6 Å². The molecule has 0 unspecified atom stereocenters. The van der Waals surface area contributed by atoms with Gasteiger partial charge in [0.2, 0.25) is 5.91 Å². The van der Waals surface area contributed by atoms with Crippen LogP contribution in [0, 0.1) is 5.92 Å².